The fourth-order valence-corrected chi connectivity index (χ4v) is 3.76. The molecule has 1 aliphatic rings. The maximum absolute atomic E-state index is 11.9. The van der Waals surface area contributed by atoms with Crippen molar-refractivity contribution in [2.45, 2.75) is 25.3 Å². The molecule has 0 spiro atoms. The summed E-state index contributed by atoms with van der Waals surface area (Å²) in [4.78, 5) is 11.9. The second kappa shape index (κ2) is 15.3. The third-order valence-corrected chi connectivity index (χ3v) is 6.01. The molecule has 1 unspecified atom stereocenters. The third-order valence-electron chi connectivity index (χ3n) is 4.95. The second-order valence-corrected chi connectivity index (χ2v) is 9.32. The Kier molecular flexibility index (Phi) is 12.8. The van der Waals surface area contributed by atoms with Crippen LogP contribution in [0.1, 0.15) is 41.2 Å². The Morgan fingerprint density at radius 3 is 2.29 bits per heavy atom. The molecule has 1 N–H and O–H groups in total. The van der Waals surface area contributed by atoms with Gasteiger partial charge >= 0.3 is 0 Å². The van der Waals surface area contributed by atoms with Crippen molar-refractivity contribution in [1.82, 2.24) is 0 Å². The number of nitrogens with zero attached hydrogens (tertiary/aromatic N) is 1. The number of carbonyl (C=O) groups excluding carboxylic acids is 1. The molecule has 3 aromatic rings. The third kappa shape index (κ3) is 9.85. The zero-order chi connectivity index (χ0) is 23.5. The summed E-state index contributed by atoms with van der Waals surface area (Å²) in [5, 5.41) is 14.3. The van der Waals surface area contributed by atoms with E-state index in [4.69, 9.17) is 4.74 Å². The van der Waals surface area contributed by atoms with E-state index in [2.05, 4.69) is 55.4 Å². The number of hydrogen-bond donors (Lipinski definition) is 1. The maximum atomic E-state index is 11.9. The number of ketones is 1. The number of benzene rings is 3. The van der Waals surface area contributed by atoms with Crippen molar-refractivity contribution in [3.63, 3.8) is 0 Å². The van der Waals surface area contributed by atoms with Gasteiger partial charge in [-0.15, -0.1) is 12.6 Å². The molecule has 0 amide bonds. The minimum absolute atomic E-state index is 0. The number of piperidine rings is 1. The number of allylic oxidation sites excluding steroid dienone is 1. The molecule has 0 saturated carbocycles. The van der Waals surface area contributed by atoms with Crippen LogP contribution in [0, 0.1) is 6.07 Å². The summed E-state index contributed by atoms with van der Waals surface area (Å²) in [6.45, 7) is 0.983. The van der Waals surface area contributed by atoms with E-state index >= 15 is 0 Å². The fraction of sp³-hybridized carbons (Fsp3) is 0.222. The first-order chi connectivity index (χ1) is 16.0. The van der Waals surface area contributed by atoms with Crippen LogP contribution in [0.15, 0.2) is 93.6 Å². The first-order valence-electron chi connectivity index (χ1n) is 10.7. The topological polar surface area (TPSA) is 60.6 Å². The average molecular weight is 764 g/mol. The van der Waals surface area contributed by atoms with Gasteiger partial charge in [0.25, 0.3) is 0 Å². The predicted molar refractivity (Wildman–Crippen MR) is 139 cm³/mol. The Bertz CT molecular complexity index is 1040. The summed E-state index contributed by atoms with van der Waals surface area (Å²) < 4.78 is 7.22. The smallest absolute Gasteiger partial charge is 0.189 e. The largest absolute Gasteiger partial charge is 0.657 e. The summed E-state index contributed by atoms with van der Waals surface area (Å²) in [6.07, 6.45) is 4.96. The van der Waals surface area contributed by atoms with Crippen molar-refractivity contribution in [1.29, 1.82) is 0 Å². The van der Waals surface area contributed by atoms with Gasteiger partial charge < -0.3 is 15.2 Å². The number of rotatable bonds is 6. The first-order valence-corrected chi connectivity index (χ1v) is 12.3. The zero-order valence-corrected chi connectivity index (χ0v) is 24.0. The Labute approximate surface area is 231 Å². The van der Waals surface area contributed by atoms with Gasteiger partial charge in [0, 0.05) is 40.7 Å². The van der Waals surface area contributed by atoms with Crippen molar-refractivity contribution >= 4 is 37.6 Å². The van der Waals surface area contributed by atoms with Gasteiger partial charge in [0.2, 0.25) is 0 Å². The van der Waals surface area contributed by atoms with Crippen LogP contribution in [0.25, 0.3) is 5.32 Å². The van der Waals surface area contributed by atoms with Gasteiger partial charge in [-0.2, -0.15) is 35.9 Å². The minimum atomic E-state index is -0.264. The van der Waals surface area contributed by atoms with E-state index in [9.17, 15) is 9.90 Å². The van der Waals surface area contributed by atoms with Crippen LogP contribution in [-0.4, -0.2) is 24.0 Å². The molecule has 1 saturated heterocycles. The second-order valence-electron chi connectivity index (χ2n) is 7.49. The molecule has 1 radical (unpaired) electrons. The molecule has 1 aliphatic heterocycles. The van der Waals surface area contributed by atoms with Gasteiger partial charge in [-0.1, -0.05) is 51.1 Å². The van der Waals surface area contributed by atoms with Crippen molar-refractivity contribution in [3.8, 4) is 5.75 Å². The Morgan fingerprint density at radius 1 is 1.03 bits per heavy atom. The molecule has 1 atom stereocenters. The first kappa shape index (κ1) is 28.5. The van der Waals surface area contributed by atoms with Crippen LogP contribution >= 0.6 is 31.9 Å². The summed E-state index contributed by atoms with van der Waals surface area (Å²) in [5.74, 6) is 0.236. The van der Waals surface area contributed by atoms with Crippen LogP contribution in [0.3, 0.4) is 0 Å². The van der Waals surface area contributed by atoms with Gasteiger partial charge in [-0.05, 0) is 48.5 Å². The van der Waals surface area contributed by atoms with E-state index in [0.29, 0.717) is 17.4 Å². The van der Waals surface area contributed by atoms with Crippen molar-refractivity contribution in [2.24, 2.45) is 0 Å². The average Bonchev–Trinajstić information content (AvgIpc) is 2.85. The van der Waals surface area contributed by atoms with E-state index in [1.165, 1.54) is 30.9 Å². The van der Waals surface area contributed by atoms with Gasteiger partial charge in [-0.25, -0.2) is 0 Å². The molecule has 1 fully saturated rings. The molecule has 4 nitrogen and oxygen atoms in total. The van der Waals surface area contributed by atoms with E-state index < -0.39 is 0 Å². The number of carbonyl (C=O) groups is 1. The number of halogens is 2. The number of aliphatic hydroxyl groups is 1. The molecule has 4 rings (SSSR count). The van der Waals surface area contributed by atoms with E-state index in [1.807, 2.05) is 24.3 Å². The van der Waals surface area contributed by atoms with Crippen LogP contribution in [0.5, 0.6) is 5.75 Å². The van der Waals surface area contributed by atoms with Crippen LogP contribution < -0.4 is 4.74 Å². The number of aliphatic hydroxyl groups excluding tert-OH is 1. The van der Waals surface area contributed by atoms with Crippen molar-refractivity contribution in [2.75, 3.05) is 13.2 Å². The molecule has 0 bridgehead atoms. The van der Waals surface area contributed by atoms with E-state index in [0.717, 1.165) is 15.5 Å². The summed E-state index contributed by atoms with van der Waals surface area (Å²) >= 11 is 6.63. The van der Waals surface area contributed by atoms with Crippen molar-refractivity contribution in [3.05, 3.63) is 116 Å². The SMILES string of the molecule is O=C(/C=C(\O)COc1ccc(Br)cc1)c1ccc(Br)cc1.[Ir].[c-]1ccccc1C1CCCC[N-]1. The summed E-state index contributed by atoms with van der Waals surface area (Å²) in [5.41, 5.74) is 1.77. The quantitative estimate of drug-likeness (QED) is 0.120. The Hall–Kier alpha value is -1.76. The van der Waals surface area contributed by atoms with E-state index in [-0.39, 0.29) is 38.3 Å². The summed E-state index contributed by atoms with van der Waals surface area (Å²) in [6, 6.07) is 26.0. The van der Waals surface area contributed by atoms with Gasteiger partial charge in [-0.3, -0.25) is 4.79 Å². The molecule has 0 aromatic heterocycles. The fourth-order valence-electron chi connectivity index (χ4n) is 3.23. The van der Waals surface area contributed by atoms with Crippen LogP contribution in [-0.2, 0) is 20.1 Å². The maximum Gasteiger partial charge on any atom is 0.189 e. The number of ether oxygens (including phenoxy) is 1. The van der Waals surface area contributed by atoms with Crippen LogP contribution in [0.2, 0.25) is 0 Å². The Balaban J connectivity index is 0.000000266. The van der Waals surface area contributed by atoms with Gasteiger partial charge in [0.15, 0.2) is 5.78 Å². The normalized spacial score (nSPS) is 15.4. The zero-order valence-electron chi connectivity index (χ0n) is 18.4. The van der Waals surface area contributed by atoms with E-state index in [1.54, 1.807) is 36.4 Å². The van der Waals surface area contributed by atoms with Gasteiger partial charge in [0.05, 0.1) is 0 Å². The van der Waals surface area contributed by atoms with Crippen molar-refractivity contribution < 1.29 is 34.7 Å². The molecule has 34 heavy (non-hydrogen) atoms. The summed E-state index contributed by atoms with van der Waals surface area (Å²) in [7, 11) is 0. The molecule has 7 heteroatoms. The monoisotopic (exact) mass is 762 g/mol. The minimum Gasteiger partial charge on any atom is -0.657 e. The van der Waals surface area contributed by atoms with Crippen LogP contribution in [0.4, 0.5) is 0 Å². The molecule has 0 aliphatic carbocycles. The molecule has 3 aromatic carbocycles. The molecular formula is C27H25Br2IrNO3-2. The number of hydrogen-bond acceptors (Lipinski definition) is 3. The molecule has 1 heterocycles. The Morgan fingerprint density at radius 2 is 1.71 bits per heavy atom. The standard InChI is InChI=1S/C16H12Br2O3.C11H13N.Ir/c17-12-3-1-11(2-4-12)16(20)9-14(19)10-21-15-7-5-13(18)6-8-15;1-2-6-10(7-3-1)11-8-4-5-9-12-11;/h1-9,19H,10H2;1-3,6,11H,4-5,8-9H2;/q;-2;/b14-9-;;. The molecule has 181 valence electrons. The molecular weight excluding hydrogens is 738 g/mol. The predicted octanol–water partition coefficient (Wildman–Crippen LogP) is 8.00. The van der Waals surface area contributed by atoms with Gasteiger partial charge in [0.1, 0.15) is 18.1 Å².